The van der Waals surface area contributed by atoms with Crippen LogP contribution in [0, 0.1) is 23.2 Å². The van der Waals surface area contributed by atoms with E-state index < -0.39 is 6.09 Å². The van der Waals surface area contributed by atoms with Crippen molar-refractivity contribution < 1.29 is 14.3 Å². The van der Waals surface area contributed by atoms with Crippen LogP contribution in [0.3, 0.4) is 0 Å². The third kappa shape index (κ3) is 5.94. The number of carbonyl (C=O) groups is 2. The zero-order valence-electron chi connectivity index (χ0n) is 25.8. The van der Waals surface area contributed by atoms with E-state index in [2.05, 4.69) is 42.2 Å². The Morgan fingerprint density at radius 1 is 1.00 bits per heavy atom. The van der Waals surface area contributed by atoms with E-state index >= 15 is 0 Å². The summed E-state index contributed by atoms with van der Waals surface area (Å²) in [6.07, 6.45) is 8.67. The van der Waals surface area contributed by atoms with Gasteiger partial charge in [0.2, 0.25) is 11.0 Å². The Balaban J connectivity index is 1.16. The molecular formula is C32H36N10O3S. The molecule has 2 aliphatic carbocycles. The number of pyridine rings is 1. The summed E-state index contributed by atoms with van der Waals surface area (Å²) >= 11 is 1.56. The van der Waals surface area contributed by atoms with Crippen LogP contribution in [-0.4, -0.2) is 75.1 Å². The van der Waals surface area contributed by atoms with Gasteiger partial charge in [0.25, 0.3) is 0 Å². The van der Waals surface area contributed by atoms with Crippen LogP contribution in [0.5, 0.6) is 0 Å². The van der Waals surface area contributed by atoms with E-state index in [0.29, 0.717) is 17.4 Å². The standard InChI is InChI=1S/C32H36N10O3S/c1-18(43)36-29-20-3-4-21(29)17-41(16-20)31-40-39-30(46-31)25-15-34-27(28-10-9-24-11-19(13-33)14-35-42(24)28)12-26(25)37-22-5-7-23(8-6-22)38-32(44)45-2/h9-12,14-15,20-23,29H,3-8,16-17H2,1-2H3,(H,34,37)(H,36,43)(H,38,44)/t20-,21-,22?,23?/m1/s1. The predicted octanol–water partition coefficient (Wildman–Crippen LogP) is 4.22. The van der Waals surface area contributed by atoms with Gasteiger partial charge in [-0.15, -0.1) is 10.2 Å². The molecule has 2 saturated carbocycles. The highest BCUT2D eigenvalue weighted by Gasteiger charge is 2.43. The van der Waals surface area contributed by atoms with Crippen molar-refractivity contribution in [3.05, 3.63) is 42.2 Å². The van der Waals surface area contributed by atoms with E-state index in [-0.39, 0.29) is 24.0 Å². The molecule has 13 nitrogen and oxygen atoms in total. The van der Waals surface area contributed by atoms with Gasteiger partial charge in [-0.2, -0.15) is 10.4 Å². The Kier molecular flexibility index (Phi) is 8.16. The van der Waals surface area contributed by atoms with E-state index in [1.807, 2.05) is 24.4 Å². The number of nitrogens with zero attached hydrogens (tertiary/aromatic N) is 7. The molecule has 3 fully saturated rings. The Hall–Kier alpha value is -4.77. The largest absolute Gasteiger partial charge is 0.453 e. The molecule has 3 aliphatic rings. The molecule has 0 aromatic carbocycles. The number of carbonyl (C=O) groups excluding carboxylic acids is 2. The van der Waals surface area contributed by atoms with Crippen molar-refractivity contribution in [1.82, 2.24) is 35.4 Å². The molecule has 238 valence electrons. The number of rotatable bonds is 7. The van der Waals surface area contributed by atoms with Crippen molar-refractivity contribution in [2.45, 2.75) is 63.6 Å². The van der Waals surface area contributed by atoms with Crippen LogP contribution in [0.2, 0.25) is 0 Å². The minimum atomic E-state index is -0.396. The monoisotopic (exact) mass is 640 g/mol. The summed E-state index contributed by atoms with van der Waals surface area (Å²) in [7, 11) is 1.38. The molecule has 1 saturated heterocycles. The number of nitrogens with one attached hydrogen (secondary N) is 3. The van der Waals surface area contributed by atoms with Crippen molar-refractivity contribution in [1.29, 1.82) is 5.26 Å². The fourth-order valence-corrected chi connectivity index (χ4v) is 8.16. The Morgan fingerprint density at radius 3 is 2.48 bits per heavy atom. The number of methoxy groups -OCH3 is 1. The van der Waals surface area contributed by atoms with Gasteiger partial charge < -0.3 is 25.6 Å². The second kappa shape index (κ2) is 12.6. The molecule has 2 bridgehead atoms. The van der Waals surface area contributed by atoms with Crippen LogP contribution in [0.15, 0.2) is 36.7 Å². The first-order valence-electron chi connectivity index (χ1n) is 15.7. The predicted molar refractivity (Wildman–Crippen MR) is 173 cm³/mol. The lowest BCUT2D eigenvalue weighted by Crippen LogP contribution is -2.52. The summed E-state index contributed by atoms with van der Waals surface area (Å²) < 4.78 is 6.58. The molecule has 1 aliphatic heterocycles. The SMILES string of the molecule is COC(=O)NC1CCC(Nc2cc(-c3ccc4cc(C#N)cnn34)ncc2-c2nnc(N3C[C@H]4CC[C@H](C3)C4NC(C)=O)s2)CC1. The Morgan fingerprint density at radius 2 is 1.76 bits per heavy atom. The average Bonchev–Trinajstić information content (AvgIpc) is 3.77. The molecule has 3 N–H and O–H groups in total. The number of aromatic nitrogens is 5. The van der Waals surface area contributed by atoms with E-state index in [1.54, 1.807) is 35.0 Å². The van der Waals surface area contributed by atoms with Crippen LogP contribution < -0.4 is 20.9 Å². The van der Waals surface area contributed by atoms with Crippen molar-refractivity contribution in [2.24, 2.45) is 11.8 Å². The number of anilines is 2. The van der Waals surface area contributed by atoms with Crippen LogP contribution in [-0.2, 0) is 9.53 Å². The third-order valence-electron chi connectivity index (χ3n) is 9.51. The van der Waals surface area contributed by atoms with Crippen molar-refractivity contribution in [3.63, 3.8) is 0 Å². The summed E-state index contributed by atoms with van der Waals surface area (Å²) in [4.78, 5) is 30.7. The highest BCUT2D eigenvalue weighted by Crippen LogP contribution is 2.42. The number of piperidine rings is 1. The van der Waals surface area contributed by atoms with Crippen molar-refractivity contribution in [3.8, 4) is 28.0 Å². The number of hydrogen-bond acceptors (Lipinski definition) is 11. The minimum Gasteiger partial charge on any atom is -0.453 e. The normalized spacial score (nSPS) is 23.9. The first-order valence-corrected chi connectivity index (χ1v) is 16.6. The molecule has 0 unspecified atom stereocenters. The summed E-state index contributed by atoms with van der Waals surface area (Å²) in [6.45, 7) is 3.30. The molecule has 7 rings (SSSR count). The van der Waals surface area contributed by atoms with Gasteiger partial charge in [-0.1, -0.05) is 11.3 Å². The average molecular weight is 641 g/mol. The Labute approximate surface area is 270 Å². The highest BCUT2D eigenvalue weighted by molar-refractivity contribution is 7.18. The van der Waals surface area contributed by atoms with Crippen LogP contribution in [0.25, 0.3) is 27.5 Å². The summed E-state index contributed by atoms with van der Waals surface area (Å²) in [5.74, 6) is 0.854. The fraction of sp³-hybridized carbons (Fsp3) is 0.469. The Bertz CT molecular complexity index is 1790. The first-order chi connectivity index (χ1) is 22.4. The molecule has 14 heteroatoms. The number of ether oxygens (including phenoxy) is 1. The maximum absolute atomic E-state index is 11.8. The van der Waals surface area contributed by atoms with Gasteiger partial charge in [-0.05, 0) is 74.6 Å². The molecule has 5 heterocycles. The molecule has 0 radical (unpaired) electrons. The summed E-state index contributed by atoms with van der Waals surface area (Å²) in [5, 5.41) is 34.6. The van der Waals surface area contributed by atoms with Gasteiger partial charge in [0.15, 0.2) is 5.01 Å². The maximum atomic E-state index is 11.8. The minimum absolute atomic E-state index is 0.0357. The van der Waals surface area contributed by atoms with E-state index in [0.717, 1.165) is 89.9 Å². The van der Waals surface area contributed by atoms with Crippen LogP contribution >= 0.6 is 11.3 Å². The van der Waals surface area contributed by atoms with Gasteiger partial charge in [0.05, 0.1) is 41.3 Å². The van der Waals surface area contributed by atoms with Crippen molar-refractivity contribution >= 4 is 39.7 Å². The molecule has 2 atom stereocenters. The molecular weight excluding hydrogens is 604 g/mol. The van der Waals surface area contributed by atoms with E-state index in [4.69, 9.17) is 9.72 Å². The van der Waals surface area contributed by atoms with Crippen LogP contribution in [0.1, 0.15) is 51.0 Å². The van der Waals surface area contributed by atoms with Gasteiger partial charge in [0.1, 0.15) is 6.07 Å². The molecule has 46 heavy (non-hydrogen) atoms. The quantitative estimate of drug-likeness (QED) is 0.267. The fourth-order valence-electron chi connectivity index (χ4n) is 7.27. The topological polar surface area (TPSA) is 162 Å². The molecule has 0 spiro atoms. The molecule has 4 aromatic heterocycles. The number of alkyl carbamates (subject to hydrolysis) is 1. The van der Waals surface area contributed by atoms with E-state index in [1.165, 1.54) is 7.11 Å². The second-order valence-electron chi connectivity index (χ2n) is 12.5. The van der Waals surface area contributed by atoms with Gasteiger partial charge in [-0.3, -0.25) is 9.78 Å². The second-order valence-corrected chi connectivity index (χ2v) is 13.4. The lowest BCUT2D eigenvalue weighted by molar-refractivity contribution is -0.120. The van der Waals surface area contributed by atoms with Crippen LogP contribution in [0.4, 0.5) is 15.6 Å². The number of amides is 2. The lowest BCUT2D eigenvalue weighted by Gasteiger charge is -2.37. The van der Waals surface area contributed by atoms with Gasteiger partial charge in [-0.25, -0.2) is 9.31 Å². The van der Waals surface area contributed by atoms with Gasteiger partial charge >= 0.3 is 6.09 Å². The highest BCUT2D eigenvalue weighted by atomic mass is 32.1. The number of fused-ring (bicyclic) bond motifs is 3. The third-order valence-corrected chi connectivity index (χ3v) is 10.5. The smallest absolute Gasteiger partial charge is 0.407 e. The summed E-state index contributed by atoms with van der Waals surface area (Å²) in [5.41, 5.74) is 4.65. The zero-order chi connectivity index (χ0) is 31.8. The molecule has 4 aromatic rings. The van der Waals surface area contributed by atoms with Crippen molar-refractivity contribution in [2.75, 3.05) is 30.4 Å². The molecule has 2 amide bonds. The van der Waals surface area contributed by atoms with Gasteiger partial charge in [0, 0.05) is 50.0 Å². The number of hydrogen-bond donors (Lipinski definition) is 3. The first kappa shape index (κ1) is 29.9. The maximum Gasteiger partial charge on any atom is 0.407 e. The lowest BCUT2D eigenvalue weighted by atomic mass is 9.91. The zero-order valence-corrected chi connectivity index (χ0v) is 26.6. The summed E-state index contributed by atoms with van der Waals surface area (Å²) in [6, 6.07) is 10.4. The van der Waals surface area contributed by atoms with E-state index in [9.17, 15) is 14.9 Å². The number of nitriles is 1.